The van der Waals surface area contributed by atoms with E-state index >= 15 is 0 Å². The van der Waals surface area contributed by atoms with Crippen molar-refractivity contribution in [3.05, 3.63) is 71.3 Å². The van der Waals surface area contributed by atoms with E-state index in [1.54, 1.807) is 30.3 Å². The fraction of sp³-hybridized carbons (Fsp3) is 0.150. The number of hydrogen-bond donors (Lipinski definition) is 2. The van der Waals surface area contributed by atoms with E-state index in [1.165, 1.54) is 44.4 Å². The average Bonchev–Trinajstić information content (AvgIpc) is 2.71. The van der Waals surface area contributed by atoms with E-state index in [1.807, 2.05) is 4.72 Å². The third kappa shape index (κ3) is 5.84. The molecule has 0 heterocycles. The smallest absolute Gasteiger partial charge is 0.337 e. The maximum absolute atomic E-state index is 12.3. The summed E-state index contributed by atoms with van der Waals surface area (Å²) in [4.78, 5) is 34.3. The number of carboxylic acids is 1. The molecule has 0 aliphatic carbocycles. The Hall–Kier alpha value is -3.30. The van der Waals surface area contributed by atoms with Crippen LogP contribution in [0.2, 0.25) is 0 Å². The van der Waals surface area contributed by atoms with E-state index in [2.05, 4.69) is 4.74 Å². The first-order valence-corrected chi connectivity index (χ1v) is 9.88. The van der Waals surface area contributed by atoms with Crippen molar-refractivity contribution >= 4 is 33.8 Å². The van der Waals surface area contributed by atoms with Crippen LogP contribution in [0.1, 0.15) is 33.2 Å². The van der Waals surface area contributed by atoms with Crippen LogP contribution in [0.15, 0.2) is 59.5 Å². The molecule has 0 fully saturated rings. The Morgan fingerprint density at radius 3 is 2.07 bits per heavy atom. The number of ketones is 1. The first-order chi connectivity index (χ1) is 13.6. The van der Waals surface area contributed by atoms with Crippen LogP contribution >= 0.6 is 0 Å². The van der Waals surface area contributed by atoms with E-state index in [4.69, 9.17) is 5.11 Å². The van der Waals surface area contributed by atoms with Gasteiger partial charge in [-0.3, -0.25) is 9.59 Å². The third-order valence-electron chi connectivity index (χ3n) is 3.91. The molecule has 29 heavy (non-hydrogen) atoms. The summed E-state index contributed by atoms with van der Waals surface area (Å²) in [5, 5.41) is 8.81. The largest absolute Gasteiger partial charge is 0.480 e. The van der Waals surface area contributed by atoms with Gasteiger partial charge in [-0.1, -0.05) is 18.2 Å². The number of carboxylic acid groups (broad SMARTS) is 1. The molecule has 0 spiro atoms. The highest BCUT2D eigenvalue weighted by molar-refractivity contribution is 7.89. The quantitative estimate of drug-likeness (QED) is 0.383. The molecule has 0 saturated carbocycles. The van der Waals surface area contributed by atoms with Gasteiger partial charge in [0.1, 0.15) is 6.04 Å². The third-order valence-corrected chi connectivity index (χ3v) is 5.47. The molecule has 2 rings (SSSR count). The highest BCUT2D eigenvalue weighted by Gasteiger charge is 2.21. The van der Waals surface area contributed by atoms with Crippen molar-refractivity contribution in [3.63, 3.8) is 0 Å². The number of ether oxygens (including phenoxy) is 1. The predicted molar refractivity (Wildman–Crippen MR) is 105 cm³/mol. The molecule has 2 N–H and O–H groups in total. The van der Waals surface area contributed by atoms with Gasteiger partial charge < -0.3 is 9.84 Å². The topological polar surface area (TPSA) is 127 Å². The van der Waals surface area contributed by atoms with E-state index < -0.39 is 28.0 Å². The zero-order valence-corrected chi connectivity index (χ0v) is 16.5. The van der Waals surface area contributed by atoms with E-state index in [9.17, 15) is 22.8 Å². The number of aliphatic carboxylic acids is 1. The first-order valence-electron chi connectivity index (χ1n) is 8.40. The lowest BCUT2D eigenvalue weighted by atomic mass is 10.1. The minimum absolute atomic E-state index is 0.149. The number of methoxy groups -OCH3 is 1. The molecule has 152 valence electrons. The van der Waals surface area contributed by atoms with Crippen molar-refractivity contribution in [2.75, 3.05) is 7.11 Å². The molecule has 0 saturated heterocycles. The van der Waals surface area contributed by atoms with Gasteiger partial charge in [0, 0.05) is 5.56 Å². The van der Waals surface area contributed by atoms with E-state index in [-0.39, 0.29) is 16.2 Å². The van der Waals surface area contributed by atoms with Gasteiger partial charge in [-0.15, -0.1) is 0 Å². The average molecular weight is 417 g/mol. The lowest BCUT2D eigenvalue weighted by Crippen LogP contribution is -2.38. The van der Waals surface area contributed by atoms with E-state index in [0.29, 0.717) is 11.1 Å². The second-order valence-electron chi connectivity index (χ2n) is 6.02. The van der Waals surface area contributed by atoms with Crippen LogP contribution in [0, 0.1) is 0 Å². The minimum atomic E-state index is -4.01. The molecule has 0 unspecified atom stereocenters. The predicted octanol–water partition coefficient (Wildman–Crippen LogP) is 2.12. The van der Waals surface area contributed by atoms with Crippen molar-refractivity contribution in [2.45, 2.75) is 17.9 Å². The summed E-state index contributed by atoms with van der Waals surface area (Å²) in [6, 6.07) is 10.3. The molecule has 1 atom stereocenters. The maximum atomic E-state index is 12.3. The number of esters is 1. The number of carbonyl (C=O) groups excluding carboxylic acids is 2. The zero-order chi connectivity index (χ0) is 21.6. The summed E-state index contributed by atoms with van der Waals surface area (Å²) in [6.07, 6.45) is 2.88. The van der Waals surface area contributed by atoms with Gasteiger partial charge in [-0.25, -0.2) is 13.2 Å². The van der Waals surface area contributed by atoms with Crippen LogP contribution in [0.5, 0.6) is 0 Å². The summed E-state index contributed by atoms with van der Waals surface area (Å²) >= 11 is 0. The van der Waals surface area contributed by atoms with Gasteiger partial charge in [0.05, 0.1) is 17.6 Å². The second-order valence-corrected chi connectivity index (χ2v) is 7.73. The Morgan fingerprint density at radius 2 is 1.55 bits per heavy atom. The van der Waals surface area contributed by atoms with Crippen molar-refractivity contribution in [3.8, 4) is 0 Å². The summed E-state index contributed by atoms with van der Waals surface area (Å²) in [5.74, 6) is -2.11. The van der Waals surface area contributed by atoms with Gasteiger partial charge in [-0.05, 0) is 55.0 Å². The molecule has 8 nitrogen and oxygen atoms in total. The number of nitrogens with one attached hydrogen (secondary N) is 1. The molecule has 0 aliphatic heterocycles. The van der Waals surface area contributed by atoms with Gasteiger partial charge >= 0.3 is 11.9 Å². The first kappa shape index (κ1) is 22.0. The van der Waals surface area contributed by atoms with Crippen LogP contribution in [0.3, 0.4) is 0 Å². The summed E-state index contributed by atoms with van der Waals surface area (Å²) in [5.41, 5.74) is 1.34. The fourth-order valence-electron chi connectivity index (χ4n) is 2.27. The zero-order valence-electron chi connectivity index (χ0n) is 15.7. The van der Waals surface area contributed by atoms with Crippen molar-refractivity contribution in [1.82, 2.24) is 4.72 Å². The Balaban J connectivity index is 2.09. The Labute approximate surface area is 167 Å². The molecule has 0 amide bonds. The van der Waals surface area contributed by atoms with Crippen molar-refractivity contribution in [2.24, 2.45) is 0 Å². The highest BCUT2D eigenvalue weighted by Crippen LogP contribution is 2.13. The van der Waals surface area contributed by atoms with Crippen LogP contribution in [0.4, 0.5) is 0 Å². The molecule has 0 aromatic heterocycles. The molecule has 0 bridgehead atoms. The van der Waals surface area contributed by atoms with Crippen molar-refractivity contribution in [1.29, 1.82) is 0 Å². The lowest BCUT2D eigenvalue weighted by molar-refractivity contribution is -0.138. The maximum Gasteiger partial charge on any atom is 0.337 e. The number of benzene rings is 2. The van der Waals surface area contributed by atoms with E-state index in [0.717, 1.165) is 0 Å². The number of rotatable bonds is 8. The van der Waals surface area contributed by atoms with Gasteiger partial charge in [-0.2, -0.15) is 4.72 Å². The van der Waals surface area contributed by atoms with Crippen LogP contribution in [-0.4, -0.2) is 44.4 Å². The summed E-state index contributed by atoms with van der Waals surface area (Å²) < 4.78 is 30.9. The SMILES string of the molecule is COC(=O)c1ccc(/C=C/C(=O)c2ccc(S(=O)(=O)N[C@@H](C)C(=O)O)cc2)cc1. The number of carbonyl (C=O) groups is 3. The van der Waals surface area contributed by atoms with Crippen LogP contribution in [0.25, 0.3) is 6.08 Å². The molecular formula is C20H19NO7S. The van der Waals surface area contributed by atoms with Crippen molar-refractivity contribution < 1.29 is 32.6 Å². The normalized spacial score (nSPS) is 12.5. The van der Waals surface area contributed by atoms with Gasteiger partial charge in [0.15, 0.2) is 5.78 Å². The number of hydrogen-bond acceptors (Lipinski definition) is 6. The molecule has 2 aromatic rings. The molecule has 0 aliphatic rings. The molecule has 0 radical (unpaired) electrons. The van der Waals surface area contributed by atoms with Gasteiger partial charge in [0.25, 0.3) is 0 Å². The standard InChI is InChI=1S/C20H19NO7S/c1-13(19(23)24)21-29(26,27)17-10-8-15(9-11-17)18(22)12-5-14-3-6-16(7-4-14)20(25)28-2/h3-13,21H,1-2H3,(H,23,24)/b12-5+/t13-/m0/s1. The monoisotopic (exact) mass is 417 g/mol. The highest BCUT2D eigenvalue weighted by atomic mass is 32.2. The van der Waals surface area contributed by atoms with Gasteiger partial charge in [0.2, 0.25) is 10.0 Å². The summed E-state index contributed by atoms with van der Waals surface area (Å²) in [7, 11) is -2.73. The Bertz CT molecular complexity index is 1040. The molecule has 2 aromatic carbocycles. The Kier molecular flexibility index (Phi) is 7.03. The second kappa shape index (κ2) is 9.26. The lowest BCUT2D eigenvalue weighted by Gasteiger charge is -2.10. The molecule has 9 heteroatoms. The summed E-state index contributed by atoms with van der Waals surface area (Å²) in [6.45, 7) is 1.21. The number of sulfonamides is 1. The minimum Gasteiger partial charge on any atom is -0.480 e. The Morgan fingerprint density at radius 1 is 1.00 bits per heavy atom. The fourth-order valence-corrected chi connectivity index (χ4v) is 3.46. The van der Waals surface area contributed by atoms with Crippen LogP contribution in [-0.2, 0) is 19.6 Å². The molecular weight excluding hydrogens is 398 g/mol. The van der Waals surface area contributed by atoms with Crippen LogP contribution < -0.4 is 4.72 Å². The number of allylic oxidation sites excluding steroid dienone is 1.